The smallest absolute Gasteiger partial charge is 0.222 e. The van der Waals surface area contributed by atoms with Crippen LogP contribution in [0.1, 0.15) is 56.2 Å². The van der Waals surface area contributed by atoms with Crippen LogP contribution in [0.5, 0.6) is 0 Å². The number of nitrogens with one attached hydrogen (secondary N) is 1. The molecule has 25 heavy (non-hydrogen) atoms. The maximum absolute atomic E-state index is 10.0. The largest absolute Gasteiger partial charge is 0.387 e. The molecule has 0 bridgehead atoms. The lowest BCUT2D eigenvalue weighted by atomic mass is 10.2. The van der Waals surface area contributed by atoms with Crippen LogP contribution < -0.4 is 5.32 Å². The predicted octanol–water partition coefficient (Wildman–Crippen LogP) is 2.34. The van der Waals surface area contributed by atoms with Crippen LogP contribution in [0.15, 0.2) is 18.5 Å². The predicted molar refractivity (Wildman–Crippen MR) is 97.0 cm³/mol. The Hall–Kier alpha value is -1.99. The monoisotopic (exact) mass is 344 g/mol. The second-order valence-corrected chi connectivity index (χ2v) is 6.61. The molecule has 0 spiro atoms. The van der Waals surface area contributed by atoms with Crippen molar-refractivity contribution < 1.29 is 5.11 Å². The van der Waals surface area contributed by atoms with Gasteiger partial charge in [0.15, 0.2) is 0 Å². The van der Waals surface area contributed by atoms with Crippen LogP contribution in [-0.2, 0) is 19.6 Å². The van der Waals surface area contributed by atoms with Crippen LogP contribution in [-0.4, -0.2) is 42.8 Å². The minimum absolute atomic E-state index is 0.468. The number of hydrogen-bond acceptors (Lipinski definition) is 6. The normalized spacial score (nSPS) is 16.3. The Morgan fingerprint density at radius 3 is 2.76 bits per heavy atom. The standard InChI is InChI=1S/C18H28N6O/c1-3-6-19-18-20-10-14(11-21-18)12-23-7-5-8-24-15(13-23)9-16(22-24)17(25)4-2/h9-11,17,25H,3-8,12-13H2,1-2H3,(H,19,20,21). The van der Waals surface area contributed by atoms with Crippen molar-refractivity contribution in [1.82, 2.24) is 24.6 Å². The zero-order valence-corrected chi connectivity index (χ0v) is 15.1. The maximum atomic E-state index is 10.0. The van der Waals surface area contributed by atoms with E-state index in [1.807, 2.05) is 30.1 Å². The van der Waals surface area contributed by atoms with E-state index in [2.05, 4.69) is 32.2 Å². The third kappa shape index (κ3) is 4.55. The summed E-state index contributed by atoms with van der Waals surface area (Å²) in [5.41, 5.74) is 3.07. The van der Waals surface area contributed by atoms with Gasteiger partial charge in [0.2, 0.25) is 5.95 Å². The van der Waals surface area contributed by atoms with E-state index in [0.29, 0.717) is 12.4 Å². The highest BCUT2D eigenvalue weighted by molar-refractivity contribution is 5.24. The lowest BCUT2D eigenvalue weighted by molar-refractivity contribution is 0.167. The van der Waals surface area contributed by atoms with E-state index in [9.17, 15) is 5.11 Å². The number of anilines is 1. The SMILES string of the molecule is CCCNc1ncc(CN2CCCn3nc(C(O)CC)cc3C2)cn1. The summed E-state index contributed by atoms with van der Waals surface area (Å²) in [6.45, 7) is 8.56. The second-order valence-electron chi connectivity index (χ2n) is 6.61. The molecule has 2 N–H and O–H groups in total. The summed E-state index contributed by atoms with van der Waals surface area (Å²) in [6, 6.07) is 2.04. The van der Waals surface area contributed by atoms with Crippen LogP contribution >= 0.6 is 0 Å². The van der Waals surface area contributed by atoms with Gasteiger partial charge in [0.1, 0.15) is 0 Å². The van der Waals surface area contributed by atoms with Crippen molar-refractivity contribution in [3.05, 3.63) is 35.4 Å². The molecule has 7 nitrogen and oxygen atoms in total. The van der Waals surface area contributed by atoms with Crippen molar-refractivity contribution in [2.75, 3.05) is 18.4 Å². The first-order valence-corrected chi connectivity index (χ1v) is 9.21. The van der Waals surface area contributed by atoms with E-state index in [4.69, 9.17) is 0 Å². The summed E-state index contributed by atoms with van der Waals surface area (Å²) in [6.07, 6.45) is 6.13. The molecule has 0 aliphatic carbocycles. The van der Waals surface area contributed by atoms with Gasteiger partial charge >= 0.3 is 0 Å². The summed E-state index contributed by atoms with van der Waals surface area (Å²) in [7, 11) is 0. The Morgan fingerprint density at radius 1 is 1.24 bits per heavy atom. The Bertz CT molecular complexity index is 669. The Labute approximate surface area is 149 Å². The number of rotatable bonds is 7. The van der Waals surface area contributed by atoms with E-state index in [1.54, 1.807) is 0 Å². The van der Waals surface area contributed by atoms with E-state index in [-0.39, 0.29) is 0 Å². The number of fused-ring (bicyclic) bond motifs is 1. The van der Waals surface area contributed by atoms with Crippen molar-refractivity contribution in [2.24, 2.45) is 0 Å². The molecule has 0 radical (unpaired) electrons. The summed E-state index contributed by atoms with van der Waals surface area (Å²) >= 11 is 0. The van der Waals surface area contributed by atoms with Gasteiger partial charge in [-0.3, -0.25) is 9.58 Å². The van der Waals surface area contributed by atoms with E-state index >= 15 is 0 Å². The lowest BCUT2D eigenvalue weighted by Crippen LogP contribution is -2.23. The van der Waals surface area contributed by atoms with Gasteiger partial charge in [-0.2, -0.15) is 5.10 Å². The summed E-state index contributed by atoms with van der Waals surface area (Å²) in [4.78, 5) is 11.2. The molecule has 0 amide bonds. The molecule has 1 aliphatic heterocycles. The van der Waals surface area contributed by atoms with Gasteiger partial charge in [0.25, 0.3) is 0 Å². The molecule has 1 atom stereocenters. The highest BCUT2D eigenvalue weighted by Gasteiger charge is 2.19. The third-order valence-corrected chi connectivity index (χ3v) is 4.48. The van der Waals surface area contributed by atoms with Gasteiger partial charge in [-0.05, 0) is 25.3 Å². The number of aliphatic hydroxyl groups is 1. The first-order chi connectivity index (χ1) is 12.2. The minimum Gasteiger partial charge on any atom is -0.387 e. The lowest BCUT2D eigenvalue weighted by Gasteiger charge is -2.19. The zero-order valence-electron chi connectivity index (χ0n) is 15.1. The molecule has 2 aromatic rings. The molecule has 0 aromatic carbocycles. The van der Waals surface area contributed by atoms with Crippen LogP contribution in [0, 0.1) is 0 Å². The molecule has 2 aromatic heterocycles. The number of nitrogens with zero attached hydrogens (tertiary/aromatic N) is 5. The molecular formula is C18H28N6O. The van der Waals surface area contributed by atoms with E-state index < -0.39 is 6.10 Å². The molecule has 0 saturated carbocycles. The van der Waals surface area contributed by atoms with Gasteiger partial charge in [0.05, 0.1) is 17.5 Å². The van der Waals surface area contributed by atoms with Crippen LogP contribution in [0.3, 0.4) is 0 Å². The third-order valence-electron chi connectivity index (χ3n) is 4.48. The Morgan fingerprint density at radius 2 is 2.04 bits per heavy atom. The van der Waals surface area contributed by atoms with Crippen molar-refractivity contribution in [3.8, 4) is 0 Å². The van der Waals surface area contributed by atoms with Gasteiger partial charge in [-0.15, -0.1) is 0 Å². The molecule has 1 unspecified atom stereocenters. The average molecular weight is 344 g/mol. The first kappa shape index (κ1) is 17.8. The summed E-state index contributed by atoms with van der Waals surface area (Å²) in [5.74, 6) is 0.692. The molecule has 1 aliphatic rings. The maximum Gasteiger partial charge on any atom is 0.222 e. The Balaban J connectivity index is 1.64. The number of aliphatic hydroxyl groups excluding tert-OH is 1. The van der Waals surface area contributed by atoms with Crippen LogP contribution in [0.4, 0.5) is 5.95 Å². The fourth-order valence-electron chi connectivity index (χ4n) is 3.08. The van der Waals surface area contributed by atoms with Gasteiger partial charge in [-0.1, -0.05) is 13.8 Å². The fourth-order valence-corrected chi connectivity index (χ4v) is 3.08. The van der Waals surface area contributed by atoms with E-state index in [0.717, 1.165) is 56.8 Å². The quantitative estimate of drug-likeness (QED) is 0.803. The topological polar surface area (TPSA) is 79.1 Å². The van der Waals surface area contributed by atoms with Crippen molar-refractivity contribution in [2.45, 2.75) is 58.8 Å². The van der Waals surface area contributed by atoms with Gasteiger partial charge in [0, 0.05) is 50.7 Å². The molecule has 7 heteroatoms. The molecule has 0 fully saturated rings. The number of aryl methyl sites for hydroxylation is 1. The fraction of sp³-hybridized carbons (Fsp3) is 0.611. The zero-order chi connectivity index (χ0) is 17.6. The van der Waals surface area contributed by atoms with Crippen molar-refractivity contribution in [3.63, 3.8) is 0 Å². The molecule has 3 heterocycles. The van der Waals surface area contributed by atoms with Crippen LogP contribution in [0.25, 0.3) is 0 Å². The molecule has 0 saturated heterocycles. The highest BCUT2D eigenvalue weighted by Crippen LogP contribution is 2.20. The van der Waals surface area contributed by atoms with Crippen molar-refractivity contribution >= 4 is 5.95 Å². The molecule has 136 valence electrons. The number of hydrogen-bond donors (Lipinski definition) is 2. The van der Waals surface area contributed by atoms with Gasteiger partial charge in [-0.25, -0.2) is 9.97 Å². The highest BCUT2D eigenvalue weighted by atomic mass is 16.3. The summed E-state index contributed by atoms with van der Waals surface area (Å²) in [5, 5.41) is 17.8. The van der Waals surface area contributed by atoms with Crippen LogP contribution in [0.2, 0.25) is 0 Å². The van der Waals surface area contributed by atoms with Gasteiger partial charge < -0.3 is 10.4 Å². The molecule has 3 rings (SSSR count). The molecular weight excluding hydrogens is 316 g/mol. The minimum atomic E-state index is -0.468. The summed E-state index contributed by atoms with van der Waals surface area (Å²) < 4.78 is 2.04. The second kappa shape index (κ2) is 8.40. The van der Waals surface area contributed by atoms with Crippen molar-refractivity contribution in [1.29, 1.82) is 0 Å². The number of aromatic nitrogens is 4. The van der Waals surface area contributed by atoms with E-state index in [1.165, 1.54) is 5.69 Å². The average Bonchev–Trinajstić information content (AvgIpc) is 2.94. The Kier molecular flexibility index (Phi) is 5.99. The first-order valence-electron chi connectivity index (χ1n) is 9.21.